The van der Waals surface area contributed by atoms with Crippen molar-refractivity contribution in [3.8, 4) is 0 Å². The second kappa shape index (κ2) is 5.54. The Kier molecular flexibility index (Phi) is 4.37. The molecule has 1 aliphatic heterocycles. The Morgan fingerprint density at radius 1 is 0.947 bits per heavy atom. The first kappa shape index (κ1) is 15.0. The fourth-order valence-electron chi connectivity index (χ4n) is 2.55. The van der Waals surface area contributed by atoms with Gasteiger partial charge in [-0.2, -0.15) is 0 Å². The normalized spacial score (nSPS) is 21.8. The highest BCUT2D eigenvalue weighted by Crippen LogP contribution is 2.31. The van der Waals surface area contributed by atoms with Crippen LogP contribution in [0.25, 0.3) is 6.08 Å². The molecule has 5 heteroatoms. The number of benzene rings is 1. The van der Waals surface area contributed by atoms with Gasteiger partial charge in [0.15, 0.2) is 0 Å². The minimum Gasteiger partial charge on any atom is -0.411 e. The van der Waals surface area contributed by atoms with E-state index in [-0.39, 0.29) is 0 Å². The number of hydrogen-bond donors (Lipinski definition) is 0. The van der Waals surface area contributed by atoms with Crippen molar-refractivity contribution in [1.82, 2.24) is 0 Å². The minimum absolute atomic E-state index is 0.716. The lowest BCUT2D eigenvalue weighted by molar-refractivity contribution is 0.221. The summed E-state index contributed by atoms with van der Waals surface area (Å²) in [6.45, 7) is 10.5. The summed E-state index contributed by atoms with van der Waals surface area (Å²) in [6.07, 6.45) is 2.26. The van der Waals surface area contributed by atoms with Gasteiger partial charge in [-0.05, 0) is 48.7 Å². The number of rotatable bonds is 1. The first-order valence-corrected chi connectivity index (χ1v) is 12.8. The molecule has 0 bridgehead atoms. The van der Waals surface area contributed by atoms with E-state index in [1.807, 2.05) is 12.1 Å². The molecule has 0 N–H and O–H groups in total. The third-order valence-corrected chi connectivity index (χ3v) is 12.1. The lowest BCUT2D eigenvalue weighted by atomic mass is 10.2. The van der Waals surface area contributed by atoms with Crippen molar-refractivity contribution < 1.29 is 8.85 Å². The van der Waals surface area contributed by atoms with E-state index < -0.39 is 16.6 Å². The van der Waals surface area contributed by atoms with E-state index in [4.69, 9.17) is 20.5 Å². The molecule has 0 saturated carbocycles. The lowest BCUT2D eigenvalue weighted by Gasteiger charge is -2.31. The first-order valence-electron chi connectivity index (χ1n) is 6.57. The van der Waals surface area contributed by atoms with Gasteiger partial charge in [0, 0.05) is 5.02 Å². The summed E-state index contributed by atoms with van der Waals surface area (Å²) in [4.78, 5) is 1.42. The second-order valence-corrected chi connectivity index (χ2v) is 14.5. The molecule has 0 atom stereocenters. The van der Waals surface area contributed by atoms with Crippen LogP contribution in [0, 0.1) is 0 Å². The average Bonchev–Trinajstić information content (AvgIpc) is 2.42. The minimum atomic E-state index is -1.84. The fraction of sp³-hybridized carbons (Fsp3) is 0.429. The predicted octanol–water partition coefficient (Wildman–Crippen LogP) is 4.26. The molecule has 104 valence electrons. The number of halogens is 1. The van der Waals surface area contributed by atoms with Gasteiger partial charge in [-0.25, -0.2) is 0 Å². The Labute approximate surface area is 122 Å². The monoisotopic (exact) mass is 312 g/mol. The highest BCUT2D eigenvalue weighted by molar-refractivity contribution is 7.01. The van der Waals surface area contributed by atoms with Crippen LogP contribution in [-0.4, -0.2) is 29.8 Å². The van der Waals surface area contributed by atoms with E-state index in [2.05, 4.69) is 44.4 Å². The third-order valence-electron chi connectivity index (χ3n) is 3.49. The molecule has 1 aliphatic rings. The van der Waals surface area contributed by atoms with Gasteiger partial charge in [-0.15, -0.1) is 0 Å². The molecule has 0 aromatic heterocycles. The highest BCUT2D eigenvalue weighted by Gasteiger charge is 2.42. The van der Waals surface area contributed by atoms with E-state index >= 15 is 0 Å². The van der Waals surface area contributed by atoms with Crippen LogP contribution in [0.1, 0.15) is 5.56 Å². The molecule has 19 heavy (non-hydrogen) atoms. The average molecular weight is 313 g/mol. The van der Waals surface area contributed by atoms with Gasteiger partial charge in [0.2, 0.25) is 16.6 Å². The van der Waals surface area contributed by atoms with Crippen molar-refractivity contribution in [3.63, 3.8) is 0 Å². The van der Waals surface area contributed by atoms with E-state index in [0.29, 0.717) is 13.2 Å². The van der Waals surface area contributed by atoms with Crippen molar-refractivity contribution >= 4 is 34.3 Å². The molecule has 1 aromatic rings. The quantitative estimate of drug-likeness (QED) is 0.721. The van der Waals surface area contributed by atoms with Gasteiger partial charge in [0.25, 0.3) is 0 Å². The van der Waals surface area contributed by atoms with Crippen molar-refractivity contribution in [2.45, 2.75) is 26.2 Å². The zero-order valence-electron chi connectivity index (χ0n) is 12.0. The molecule has 0 spiro atoms. The van der Waals surface area contributed by atoms with Crippen LogP contribution in [0.4, 0.5) is 0 Å². The van der Waals surface area contributed by atoms with Gasteiger partial charge in [0.05, 0.1) is 13.2 Å². The largest absolute Gasteiger partial charge is 0.411 e. The lowest BCUT2D eigenvalue weighted by Crippen LogP contribution is -2.45. The molecule has 0 aliphatic carbocycles. The maximum Gasteiger partial charge on any atom is 0.212 e. The van der Waals surface area contributed by atoms with E-state index in [0.717, 1.165) is 5.02 Å². The summed E-state index contributed by atoms with van der Waals surface area (Å²) in [6, 6.07) is 7.95. The zero-order chi connectivity index (χ0) is 14.1. The van der Waals surface area contributed by atoms with Crippen molar-refractivity contribution in [3.05, 3.63) is 39.7 Å². The maximum atomic E-state index is 6.09. The summed E-state index contributed by atoms with van der Waals surface area (Å²) in [7, 11) is -3.67. The van der Waals surface area contributed by atoms with E-state index in [1.165, 1.54) is 10.4 Å². The molecular formula is C14H21ClO2Si2. The molecule has 2 nitrogen and oxygen atoms in total. The van der Waals surface area contributed by atoms with Crippen molar-refractivity contribution in [2.75, 3.05) is 13.2 Å². The summed E-state index contributed by atoms with van der Waals surface area (Å²) in [5.41, 5.74) is 1.18. The molecule has 1 saturated heterocycles. The maximum absolute atomic E-state index is 6.09. The summed E-state index contributed by atoms with van der Waals surface area (Å²) in [5, 5.41) is 0.767. The SMILES string of the molecule is C[Si]1(C)OCCO[Si](C)(C)C1=Cc1ccc(Cl)cc1. The number of hydrogen-bond acceptors (Lipinski definition) is 2. The Morgan fingerprint density at radius 2 is 1.42 bits per heavy atom. The molecule has 1 aromatic carbocycles. The van der Waals surface area contributed by atoms with Crippen molar-refractivity contribution in [2.24, 2.45) is 0 Å². The molecule has 0 radical (unpaired) electrons. The molecule has 1 heterocycles. The van der Waals surface area contributed by atoms with Crippen LogP contribution in [-0.2, 0) is 8.85 Å². The first-order chi connectivity index (χ1) is 8.81. The van der Waals surface area contributed by atoms with Crippen LogP contribution in [0.3, 0.4) is 0 Å². The smallest absolute Gasteiger partial charge is 0.212 e. The van der Waals surface area contributed by atoms with Gasteiger partial charge < -0.3 is 8.85 Å². The molecular weight excluding hydrogens is 292 g/mol. The zero-order valence-corrected chi connectivity index (χ0v) is 14.8. The molecule has 1 fully saturated rings. The van der Waals surface area contributed by atoms with Gasteiger partial charge in [-0.1, -0.05) is 29.8 Å². The summed E-state index contributed by atoms with van der Waals surface area (Å²) < 4.78 is 12.2. The summed E-state index contributed by atoms with van der Waals surface area (Å²) >= 11 is 5.94. The summed E-state index contributed by atoms with van der Waals surface area (Å²) in [5.74, 6) is 0. The van der Waals surface area contributed by atoms with Gasteiger partial charge >= 0.3 is 0 Å². The predicted molar refractivity (Wildman–Crippen MR) is 86.3 cm³/mol. The Balaban J connectivity index is 2.44. The van der Waals surface area contributed by atoms with Crippen LogP contribution in [0.15, 0.2) is 29.1 Å². The Morgan fingerprint density at radius 3 is 1.89 bits per heavy atom. The topological polar surface area (TPSA) is 18.5 Å². The second-order valence-electron chi connectivity index (χ2n) is 5.83. The van der Waals surface area contributed by atoms with Gasteiger partial charge in [-0.3, -0.25) is 0 Å². The third kappa shape index (κ3) is 3.58. The van der Waals surface area contributed by atoms with Crippen LogP contribution < -0.4 is 0 Å². The standard InChI is InChI=1S/C14H21ClO2Si2/c1-18(2)14(19(3,4)17-10-9-16-18)11-12-5-7-13(15)8-6-12/h5-8,11H,9-10H2,1-4H3. The van der Waals surface area contributed by atoms with Crippen LogP contribution in [0.5, 0.6) is 0 Å². The molecule has 0 unspecified atom stereocenters. The van der Waals surface area contributed by atoms with Crippen LogP contribution >= 0.6 is 11.6 Å². The van der Waals surface area contributed by atoms with E-state index in [1.54, 1.807) is 0 Å². The molecule has 0 amide bonds. The Bertz CT molecular complexity index is 461. The van der Waals surface area contributed by atoms with Crippen LogP contribution in [0.2, 0.25) is 31.2 Å². The fourth-order valence-corrected chi connectivity index (χ4v) is 11.4. The highest BCUT2D eigenvalue weighted by atomic mass is 35.5. The van der Waals surface area contributed by atoms with Gasteiger partial charge in [0.1, 0.15) is 0 Å². The van der Waals surface area contributed by atoms with E-state index in [9.17, 15) is 0 Å². The Hall–Kier alpha value is -0.396. The molecule has 2 rings (SSSR count). The van der Waals surface area contributed by atoms with Crippen molar-refractivity contribution in [1.29, 1.82) is 0 Å².